The van der Waals surface area contributed by atoms with Gasteiger partial charge in [0.25, 0.3) is 0 Å². The van der Waals surface area contributed by atoms with Crippen molar-refractivity contribution in [3.8, 4) is 11.1 Å². The maximum Gasteiger partial charge on any atom is 0.123 e. The maximum atomic E-state index is 5.68. The monoisotopic (exact) mass is 222 g/mol. The van der Waals surface area contributed by atoms with Crippen LogP contribution >= 0.6 is 0 Å². The summed E-state index contributed by atoms with van der Waals surface area (Å²) < 4.78 is 0. The van der Waals surface area contributed by atoms with Crippen molar-refractivity contribution >= 4 is 16.6 Å². The largest absolute Gasteiger partial charge is 0.384 e. The molecule has 0 atom stereocenters. The van der Waals surface area contributed by atoms with Gasteiger partial charge in [-0.1, -0.05) is 12.1 Å². The summed E-state index contributed by atoms with van der Waals surface area (Å²) >= 11 is 0. The van der Waals surface area contributed by atoms with Crippen LogP contribution in [0.1, 0.15) is 0 Å². The van der Waals surface area contributed by atoms with Gasteiger partial charge in [0.15, 0.2) is 0 Å². The molecular formula is C13H10N4. The standard InChI is InChI=1S/C13H10N4/c14-13-6-12-5-9(1-2-10(12)7-15-13)11-3-4-16-17-8-11/h1-8H,(H2,14,15). The molecule has 0 unspecified atom stereocenters. The van der Waals surface area contributed by atoms with Crippen LogP contribution in [-0.4, -0.2) is 15.2 Å². The first-order chi connectivity index (χ1) is 8.33. The molecule has 3 aromatic rings. The van der Waals surface area contributed by atoms with Gasteiger partial charge in [-0.3, -0.25) is 0 Å². The molecule has 0 saturated heterocycles. The second kappa shape index (κ2) is 3.83. The van der Waals surface area contributed by atoms with Crippen molar-refractivity contribution in [2.24, 2.45) is 0 Å². The Morgan fingerprint density at radius 3 is 2.59 bits per heavy atom. The highest BCUT2D eigenvalue weighted by atomic mass is 15.1. The molecule has 0 fully saturated rings. The number of benzene rings is 1. The second-order valence-electron chi connectivity index (χ2n) is 3.80. The highest BCUT2D eigenvalue weighted by Crippen LogP contribution is 2.23. The van der Waals surface area contributed by atoms with Crippen molar-refractivity contribution in [1.29, 1.82) is 0 Å². The summed E-state index contributed by atoms with van der Waals surface area (Å²) in [6.07, 6.45) is 5.20. The van der Waals surface area contributed by atoms with Gasteiger partial charge < -0.3 is 5.73 Å². The molecule has 0 aliphatic heterocycles. The minimum Gasteiger partial charge on any atom is -0.384 e. The molecular weight excluding hydrogens is 212 g/mol. The molecule has 1 aromatic carbocycles. The minimum atomic E-state index is 0.530. The Kier molecular flexibility index (Phi) is 2.19. The number of anilines is 1. The fraction of sp³-hybridized carbons (Fsp3) is 0. The van der Waals surface area contributed by atoms with E-state index < -0.39 is 0 Å². The predicted octanol–water partition coefficient (Wildman–Crippen LogP) is 2.27. The molecule has 82 valence electrons. The lowest BCUT2D eigenvalue weighted by molar-refractivity contribution is 1.03. The van der Waals surface area contributed by atoms with Crippen molar-refractivity contribution < 1.29 is 0 Å². The first kappa shape index (κ1) is 9.72. The Bertz CT molecular complexity index is 665. The van der Waals surface area contributed by atoms with E-state index in [4.69, 9.17) is 5.73 Å². The van der Waals surface area contributed by atoms with Gasteiger partial charge in [0, 0.05) is 17.1 Å². The van der Waals surface area contributed by atoms with E-state index in [2.05, 4.69) is 21.2 Å². The van der Waals surface area contributed by atoms with Crippen LogP contribution in [0.15, 0.2) is 48.9 Å². The first-order valence-corrected chi connectivity index (χ1v) is 5.25. The molecule has 17 heavy (non-hydrogen) atoms. The highest BCUT2D eigenvalue weighted by Gasteiger charge is 2.00. The van der Waals surface area contributed by atoms with E-state index in [0.29, 0.717) is 5.82 Å². The van der Waals surface area contributed by atoms with Crippen molar-refractivity contribution in [2.75, 3.05) is 5.73 Å². The highest BCUT2D eigenvalue weighted by molar-refractivity contribution is 5.88. The minimum absolute atomic E-state index is 0.530. The molecule has 4 heteroatoms. The summed E-state index contributed by atoms with van der Waals surface area (Å²) in [4.78, 5) is 4.07. The van der Waals surface area contributed by atoms with Gasteiger partial charge >= 0.3 is 0 Å². The van der Waals surface area contributed by atoms with Crippen LogP contribution in [0.4, 0.5) is 5.82 Å². The third-order valence-corrected chi connectivity index (χ3v) is 2.66. The molecule has 0 saturated carbocycles. The lowest BCUT2D eigenvalue weighted by Gasteiger charge is -2.03. The number of fused-ring (bicyclic) bond motifs is 1. The number of pyridine rings is 1. The fourth-order valence-electron chi connectivity index (χ4n) is 1.80. The van der Waals surface area contributed by atoms with E-state index in [1.807, 2.05) is 24.3 Å². The summed E-state index contributed by atoms with van der Waals surface area (Å²) in [7, 11) is 0. The molecule has 4 nitrogen and oxygen atoms in total. The number of nitrogens with zero attached hydrogens (tertiary/aromatic N) is 3. The molecule has 2 heterocycles. The van der Waals surface area contributed by atoms with Crippen molar-refractivity contribution in [3.63, 3.8) is 0 Å². The molecule has 0 aliphatic carbocycles. The van der Waals surface area contributed by atoms with Crippen molar-refractivity contribution in [2.45, 2.75) is 0 Å². The molecule has 0 bridgehead atoms. The van der Waals surface area contributed by atoms with Crippen LogP contribution in [0.5, 0.6) is 0 Å². The predicted molar refractivity (Wildman–Crippen MR) is 67.2 cm³/mol. The van der Waals surface area contributed by atoms with Gasteiger partial charge in [-0.2, -0.15) is 10.2 Å². The molecule has 2 N–H and O–H groups in total. The summed E-state index contributed by atoms with van der Waals surface area (Å²) in [5.41, 5.74) is 7.81. The van der Waals surface area contributed by atoms with E-state index in [1.165, 1.54) is 0 Å². The van der Waals surface area contributed by atoms with E-state index >= 15 is 0 Å². The van der Waals surface area contributed by atoms with E-state index in [-0.39, 0.29) is 0 Å². The van der Waals surface area contributed by atoms with Gasteiger partial charge in [0.2, 0.25) is 0 Å². The summed E-state index contributed by atoms with van der Waals surface area (Å²) in [6, 6.07) is 9.94. The van der Waals surface area contributed by atoms with Crippen LogP contribution in [-0.2, 0) is 0 Å². The average Bonchev–Trinajstić information content (AvgIpc) is 2.39. The van der Waals surface area contributed by atoms with Crippen LogP contribution in [0, 0.1) is 0 Å². The third kappa shape index (κ3) is 1.80. The Labute approximate surface area is 98.1 Å². The number of nitrogens with two attached hydrogens (primary N) is 1. The number of hydrogen-bond donors (Lipinski definition) is 1. The topological polar surface area (TPSA) is 64.7 Å². The maximum absolute atomic E-state index is 5.68. The third-order valence-electron chi connectivity index (χ3n) is 2.66. The Morgan fingerprint density at radius 2 is 1.76 bits per heavy atom. The van der Waals surface area contributed by atoms with Gasteiger partial charge in [-0.05, 0) is 29.1 Å². The van der Waals surface area contributed by atoms with E-state index in [0.717, 1.165) is 21.9 Å². The van der Waals surface area contributed by atoms with Crippen LogP contribution in [0.3, 0.4) is 0 Å². The normalized spacial score (nSPS) is 10.6. The van der Waals surface area contributed by atoms with Gasteiger partial charge in [0.1, 0.15) is 5.82 Å². The van der Waals surface area contributed by atoms with Gasteiger partial charge in [-0.25, -0.2) is 4.98 Å². The zero-order chi connectivity index (χ0) is 11.7. The average molecular weight is 222 g/mol. The smallest absolute Gasteiger partial charge is 0.123 e. The number of rotatable bonds is 1. The molecule has 0 aliphatic rings. The molecule has 0 spiro atoms. The lowest BCUT2D eigenvalue weighted by Crippen LogP contribution is -1.89. The second-order valence-corrected chi connectivity index (χ2v) is 3.80. The van der Waals surface area contributed by atoms with Crippen LogP contribution in [0.25, 0.3) is 21.9 Å². The Balaban J connectivity index is 2.19. The number of hydrogen-bond acceptors (Lipinski definition) is 4. The quantitative estimate of drug-likeness (QED) is 0.686. The Morgan fingerprint density at radius 1 is 0.824 bits per heavy atom. The summed E-state index contributed by atoms with van der Waals surface area (Å²) in [5, 5.41) is 9.79. The number of nitrogen functional groups attached to an aromatic ring is 1. The van der Waals surface area contributed by atoms with Crippen LogP contribution < -0.4 is 5.73 Å². The van der Waals surface area contributed by atoms with Gasteiger partial charge in [-0.15, -0.1) is 0 Å². The van der Waals surface area contributed by atoms with Crippen molar-refractivity contribution in [1.82, 2.24) is 15.2 Å². The SMILES string of the molecule is Nc1cc2cc(-c3ccnnc3)ccc2cn1. The molecule has 3 rings (SSSR count). The molecule has 0 amide bonds. The van der Waals surface area contributed by atoms with Gasteiger partial charge in [0.05, 0.1) is 12.4 Å². The zero-order valence-electron chi connectivity index (χ0n) is 9.04. The molecule has 0 radical (unpaired) electrons. The van der Waals surface area contributed by atoms with Crippen molar-refractivity contribution in [3.05, 3.63) is 48.9 Å². The Hall–Kier alpha value is -2.49. The van der Waals surface area contributed by atoms with E-state index in [9.17, 15) is 0 Å². The first-order valence-electron chi connectivity index (χ1n) is 5.25. The summed E-state index contributed by atoms with van der Waals surface area (Å²) in [6.45, 7) is 0. The summed E-state index contributed by atoms with van der Waals surface area (Å²) in [5.74, 6) is 0.530. The fourth-order valence-corrected chi connectivity index (χ4v) is 1.80. The van der Waals surface area contributed by atoms with E-state index in [1.54, 1.807) is 18.6 Å². The molecule has 2 aromatic heterocycles. The zero-order valence-corrected chi connectivity index (χ0v) is 9.04. The van der Waals surface area contributed by atoms with Crippen LogP contribution in [0.2, 0.25) is 0 Å². The number of aromatic nitrogens is 3. The lowest BCUT2D eigenvalue weighted by atomic mass is 10.0.